The first-order chi connectivity index (χ1) is 9.97. The van der Waals surface area contributed by atoms with Crippen LogP contribution in [0.2, 0.25) is 0 Å². The second kappa shape index (κ2) is 6.78. The lowest BCUT2D eigenvalue weighted by Gasteiger charge is -2.35. The minimum atomic E-state index is -0.903. The lowest BCUT2D eigenvalue weighted by Crippen LogP contribution is -2.54. The van der Waals surface area contributed by atoms with Gasteiger partial charge in [-0.15, -0.1) is 0 Å². The fraction of sp³-hybridized carbons (Fsp3) is 0.786. The largest absolute Gasteiger partial charge is 0.481 e. The number of aliphatic carboxylic acids is 1. The smallest absolute Gasteiger partial charge is 0.318 e. The molecular weight excluding hydrogens is 274 g/mol. The quantitative estimate of drug-likeness (QED) is 0.695. The van der Waals surface area contributed by atoms with Crippen LogP contribution in [0.25, 0.3) is 0 Å². The highest BCUT2D eigenvalue weighted by molar-refractivity contribution is 5.87. The van der Waals surface area contributed by atoms with E-state index in [0.717, 1.165) is 25.7 Å². The zero-order valence-electron chi connectivity index (χ0n) is 12.3. The summed E-state index contributed by atoms with van der Waals surface area (Å²) in [7, 11) is 0. The number of likely N-dealkylation sites (tertiary alicyclic amines) is 1. The normalized spacial score (nSPS) is 23.3. The van der Waals surface area contributed by atoms with Crippen molar-refractivity contribution in [2.45, 2.75) is 63.6 Å². The number of piperidine rings is 1. The van der Waals surface area contributed by atoms with Gasteiger partial charge in [0.2, 0.25) is 5.91 Å². The number of nitrogens with one attached hydrogen (secondary N) is 2. The number of urea groups is 1. The first-order valence-corrected chi connectivity index (χ1v) is 7.56. The summed E-state index contributed by atoms with van der Waals surface area (Å²) in [6.07, 6.45) is 4.45. The standard InChI is InChI=1S/C14H23N3O4/c1-9(13(20)16-10-5-6-10)15-14(21)17-7-3-2-4-11(17)8-12(18)19/h9-11H,2-8H2,1H3,(H,15,21)(H,16,20)(H,18,19). The molecule has 1 aliphatic carbocycles. The first kappa shape index (κ1) is 15.6. The van der Waals surface area contributed by atoms with Crippen LogP contribution in [-0.2, 0) is 9.59 Å². The summed E-state index contributed by atoms with van der Waals surface area (Å²) in [6, 6.07) is -0.980. The topological polar surface area (TPSA) is 98.7 Å². The minimum absolute atomic E-state index is 0.0456. The molecule has 1 saturated carbocycles. The Labute approximate surface area is 124 Å². The Balaban J connectivity index is 1.86. The molecule has 1 heterocycles. The van der Waals surface area contributed by atoms with Crippen LogP contribution in [0, 0.1) is 0 Å². The molecule has 1 saturated heterocycles. The monoisotopic (exact) mass is 297 g/mol. The van der Waals surface area contributed by atoms with Crippen molar-refractivity contribution in [1.82, 2.24) is 15.5 Å². The molecule has 0 radical (unpaired) electrons. The van der Waals surface area contributed by atoms with E-state index in [1.165, 1.54) is 0 Å². The van der Waals surface area contributed by atoms with Crippen LogP contribution in [0.3, 0.4) is 0 Å². The number of hydrogen-bond donors (Lipinski definition) is 3. The van der Waals surface area contributed by atoms with E-state index in [4.69, 9.17) is 5.11 Å². The fourth-order valence-corrected chi connectivity index (χ4v) is 2.57. The van der Waals surface area contributed by atoms with Gasteiger partial charge < -0.3 is 20.6 Å². The summed E-state index contributed by atoms with van der Waals surface area (Å²) < 4.78 is 0. The maximum absolute atomic E-state index is 12.2. The van der Waals surface area contributed by atoms with Crippen molar-refractivity contribution < 1.29 is 19.5 Å². The van der Waals surface area contributed by atoms with Gasteiger partial charge in [-0.3, -0.25) is 9.59 Å². The van der Waals surface area contributed by atoms with Crippen molar-refractivity contribution >= 4 is 17.9 Å². The molecule has 0 bridgehead atoms. The van der Waals surface area contributed by atoms with Gasteiger partial charge in [0.05, 0.1) is 6.42 Å². The molecule has 118 valence electrons. The van der Waals surface area contributed by atoms with Crippen LogP contribution < -0.4 is 10.6 Å². The van der Waals surface area contributed by atoms with Gasteiger partial charge in [0.1, 0.15) is 6.04 Å². The van der Waals surface area contributed by atoms with E-state index < -0.39 is 12.0 Å². The Morgan fingerprint density at radius 3 is 2.57 bits per heavy atom. The van der Waals surface area contributed by atoms with Gasteiger partial charge in [0, 0.05) is 18.6 Å². The molecule has 2 fully saturated rings. The molecule has 1 aliphatic heterocycles. The van der Waals surface area contributed by atoms with E-state index >= 15 is 0 Å². The second-order valence-corrected chi connectivity index (χ2v) is 5.89. The Hall–Kier alpha value is -1.79. The third-order valence-electron chi connectivity index (χ3n) is 3.96. The lowest BCUT2D eigenvalue weighted by atomic mass is 10.00. The van der Waals surface area contributed by atoms with Crippen LogP contribution >= 0.6 is 0 Å². The molecule has 2 rings (SSSR count). The molecule has 3 amide bonds. The van der Waals surface area contributed by atoms with E-state index in [1.807, 2.05) is 0 Å². The van der Waals surface area contributed by atoms with Crippen LogP contribution in [0.5, 0.6) is 0 Å². The van der Waals surface area contributed by atoms with Crippen LogP contribution in [-0.4, -0.2) is 52.6 Å². The molecule has 0 spiro atoms. The van der Waals surface area contributed by atoms with Crippen molar-refractivity contribution in [3.63, 3.8) is 0 Å². The highest BCUT2D eigenvalue weighted by Gasteiger charge is 2.31. The third-order valence-corrected chi connectivity index (χ3v) is 3.96. The molecule has 0 aromatic heterocycles. The third kappa shape index (κ3) is 4.61. The summed E-state index contributed by atoms with van der Waals surface area (Å²) in [6.45, 7) is 2.19. The summed E-state index contributed by atoms with van der Waals surface area (Å²) in [5.74, 6) is -1.09. The summed E-state index contributed by atoms with van der Waals surface area (Å²) in [5.41, 5.74) is 0. The molecule has 7 heteroatoms. The van der Waals surface area contributed by atoms with Crippen molar-refractivity contribution in [3.8, 4) is 0 Å². The van der Waals surface area contributed by atoms with E-state index in [-0.39, 0.29) is 30.4 Å². The molecule has 21 heavy (non-hydrogen) atoms. The average molecular weight is 297 g/mol. The van der Waals surface area contributed by atoms with Gasteiger partial charge in [-0.2, -0.15) is 0 Å². The molecule has 2 aliphatic rings. The van der Waals surface area contributed by atoms with E-state index in [1.54, 1.807) is 11.8 Å². The molecular formula is C14H23N3O4. The Morgan fingerprint density at radius 1 is 1.24 bits per heavy atom. The number of carbonyl (C=O) groups is 3. The van der Waals surface area contributed by atoms with Crippen molar-refractivity contribution in [1.29, 1.82) is 0 Å². The second-order valence-electron chi connectivity index (χ2n) is 5.89. The molecule has 3 N–H and O–H groups in total. The Bertz CT molecular complexity index is 422. The predicted molar refractivity (Wildman–Crippen MR) is 75.8 cm³/mol. The molecule has 7 nitrogen and oxygen atoms in total. The van der Waals surface area contributed by atoms with E-state index in [0.29, 0.717) is 13.0 Å². The fourth-order valence-electron chi connectivity index (χ4n) is 2.57. The summed E-state index contributed by atoms with van der Waals surface area (Å²) in [5, 5.41) is 14.4. The van der Waals surface area contributed by atoms with Gasteiger partial charge in [0.15, 0.2) is 0 Å². The number of carbonyl (C=O) groups excluding carboxylic acids is 2. The molecule has 0 aromatic carbocycles. The lowest BCUT2D eigenvalue weighted by molar-refractivity contribution is -0.138. The molecule has 2 atom stereocenters. The zero-order valence-corrected chi connectivity index (χ0v) is 12.3. The van der Waals surface area contributed by atoms with E-state index in [9.17, 15) is 14.4 Å². The summed E-state index contributed by atoms with van der Waals surface area (Å²) in [4.78, 5) is 36.5. The highest BCUT2D eigenvalue weighted by Crippen LogP contribution is 2.20. The maximum atomic E-state index is 12.2. The number of hydrogen-bond acceptors (Lipinski definition) is 3. The van der Waals surface area contributed by atoms with Gasteiger partial charge in [-0.05, 0) is 39.0 Å². The molecule has 0 aromatic rings. The van der Waals surface area contributed by atoms with Gasteiger partial charge in [0.25, 0.3) is 0 Å². The Morgan fingerprint density at radius 2 is 1.95 bits per heavy atom. The summed E-state index contributed by atoms with van der Waals surface area (Å²) >= 11 is 0. The number of nitrogens with zero attached hydrogens (tertiary/aromatic N) is 1. The number of rotatable bonds is 5. The number of carboxylic acids is 1. The van der Waals surface area contributed by atoms with Crippen molar-refractivity contribution in [2.24, 2.45) is 0 Å². The van der Waals surface area contributed by atoms with Gasteiger partial charge in [-0.25, -0.2) is 4.79 Å². The molecule has 2 unspecified atom stereocenters. The van der Waals surface area contributed by atoms with E-state index in [2.05, 4.69) is 10.6 Å². The predicted octanol–water partition coefficient (Wildman–Crippen LogP) is 0.692. The first-order valence-electron chi connectivity index (χ1n) is 7.56. The van der Waals surface area contributed by atoms with Gasteiger partial charge in [-0.1, -0.05) is 0 Å². The maximum Gasteiger partial charge on any atom is 0.318 e. The van der Waals surface area contributed by atoms with Gasteiger partial charge >= 0.3 is 12.0 Å². The number of carboxylic acid groups (broad SMARTS) is 1. The van der Waals surface area contributed by atoms with Crippen LogP contribution in [0.4, 0.5) is 4.79 Å². The average Bonchev–Trinajstić information content (AvgIpc) is 3.22. The Kier molecular flexibility index (Phi) is 5.03. The van der Waals surface area contributed by atoms with Crippen molar-refractivity contribution in [2.75, 3.05) is 6.54 Å². The SMILES string of the molecule is CC(NC(=O)N1CCCCC1CC(=O)O)C(=O)NC1CC1. The number of amides is 3. The van der Waals surface area contributed by atoms with Crippen LogP contribution in [0.15, 0.2) is 0 Å². The van der Waals surface area contributed by atoms with Crippen LogP contribution in [0.1, 0.15) is 45.4 Å². The zero-order chi connectivity index (χ0) is 15.4. The van der Waals surface area contributed by atoms with Crippen molar-refractivity contribution in [3.05, 3.63) is 0 Å². The minimum Gasteiger partial charge on any atom is -0.481 e. The highest BCUT2D eigenvalue weighted by atomic mass is 16.4.